The van der Waals surface area contributed by atoms with E-state index in [0.29, 0.717) is 11.4 Å². The molecule has 0 bridgehead atoms. The van der Waals surface area contributed by atoms with Crippen LogP contribution in [-0.2, 0) is 7.05 Å². The molecule has 0 aliphatic carbocycles. The van der Waals surface area contributed by atoms with Crippen molar-refractivity contribution in [3.05, 3.63) is 30.5 Å². The SMILES string of the molecule is Cn1nccc1-c1cc(N)ccc1N. The predicted octanol–water partition coefficient (Wildman–Crippen LogP) is 1.25. The van der Waals surface area contributed by atoms with Gasteiger partial charge in [-0.15, -0.1) is 0 Å². The highest BCUT2D eigenvalue weighted by atomic mass is 15.3. The Labute approximate surface area is 82.1 Å². The molecule has 1 aromatic heterocycles. The Morgan fingerprint density at radius 3 is 2.64 bits per heavy atom. The summed E-state index contributed by atoms with van der Waals surface area (Å²) >= 11 is 0. The van der Waals surface area contributed by atoms with Gasteiger partial charge in [0, 0.05) is 30.2 Å². The third kappa shape index (κ3) is 1.31. The third-order valence-electron chi connectivity index (χ3n) is 2.17. The van der Waals surface area contributed by atoms with Gasteiger partial charge in [0.1, 0.15) is 0 Å². The van der Waals surface area contributed by atoms with E-state index in [1.807, 2.05) is 19.2 Å². The highest BCUT2D eigenvalue weighted by Crippen LogP contribution is 2.26. The maximum Gasteiger partial charge on any atom is 0.0700 e. The van der Waals surface area contributed by atoms with Gasteiger partial charge in [-0.1, -0.05) is 0 Å². The molecule has 0 aliphatic heterocycles. The Morgan fingerprint density at radius 1 is 1.21 bits per heavy atom. The first-order valence-corrected chi connectivity index (χ1v) is 4.32. The van der Waals surface area contributed by atoms with E-state index < -0.39 is 0 Å². The first-order valence-electron chi connectivity index (χ1n) is 4.32. The van der Waals surface area contributed by atoms with Gasteiger partial charge in [0.05, 0.1) is 5.69 Å². The van der Waals surface area contributed by atoms with Crippen molar-refractivity contribution in [2.45, 2.75) is 0 Å². The Bertz CT molecular complexity index is 459. The lowest BCUT2D eigenvalue weighted by molar-refractivity contribution is 0.776. The molecule has 2 rings (SSSR count). The van der Waals surface area contributed by atoms with E-state index in [9.17, 15) is 0 Å². The molecule has 0 saturated carbocycles. The molecule has 0 saturated heterocycles. The lowest BCUT2D eigenvalue weighted by atomic mass is 10.1. The van der Waals surface area contributed by atoms with Crippen LogP contribution in [0.3, 0.4) is 0 Å². The summed E-state index contributed by atoms with van der Waals surface area (Å²) < 4.78 is 1.77. The van der Waals surface area contributed by atoms with Gasteiger partial charge in [0.2, 0.25) is 0 Å². The Balaban J connectivity index is 2.62. The highest BCUT2D eigenvalue weighted by Gasteiger charge is 2.06. The van der Waals surface area contributed by atoms with E-state index in [1.165, 1.54) is 0 Å². The standard InChI is InChI=1S/C10H12N4/c1-14-10(4-5-13-14)8-6-7(11)2-3-9(8)12/h2-6H,11-12H2,1H3. The fourth-order valence-corrected chi connectivity index (χ4v) is 1.43. The second kappa shape index (κ2) is 3.06. The molecule has 0 spiro atoms. The van der Waals surface area contributed by atoms with Gasteiger partial charge in [-0.05, 0) is 24.3 Å². The first-order chi connectivity index (χ1) is 6.68. The molecule has 72 valence electrons. The van der Waals surface area contributed by atoms with Crippen LogP contribution in [0.15, 0.2) is 30.5 Å². The number of rotatable bonds is 1. The summed E-state index contributed by atoms with van der Waals surface area (Å²) in [6.45, 7) is 0. The second-order valence-electron chi connectivity index (χ2n) is 3.19. The zero-order chi connectivity index (χ0) is 10.1. The minimum Gasteiger partial charge on any atom is -0.399 e. The molecule has 1 aromatic carbocycles. The van der Waals surface area contributed by atoms with Gasteiger partial charge in [0.25, 0.3) is 0 Å². The lowest BCUT2D eigenvalue weighted by Crippen LogP contribution is -1.98. The van der Waals surface area contributed by atoms with Crippen LogP contribution < -0.4 is 11.5 Å². The molecule has 0 unspecified atom stereocenters. The third-order valence-corrected chi connectivity index (χ3v) is 2.17. The number of benzene rings is 1. The number of nitrogens with two attached hydrogens (primary N) is 2. The number of hydrogen-bond donors (Lipinski definition) is 2. The predicted molar refractivity (Wildman–Crippen MR) is 57.5 cm³/mol. The van der Waals surface area contributed by atoms with Crippen molar-refractivity contribution in [2.24, 2.45) is 7.05 Å². The zero-order valence-corrected chi connectivity index (χ0v) is 7.94. The number of aromatic nitrogens is 2. The summed E-state index contributed by atoms with van der Waals surface area (Å²) in [5.41, 5.74) is 14.9. The van der Waals surface area contributed by atoms with E-state index >= 15 is 0 Å². The number of nitrogens with zero attached hydrogens (tertiary/aromatic N) is 2. The van der Waals surface area contributed by atoms with Crippen molar-refractivity contribution in [1.29, 1.82) is 0 Å². The minimum absolute atomic E-state index is 0.704. The summed E-state index contributed by atoms with van der Waals surface area (Å²) in [6, 6.07) is 7.35. The highest BCUT2D eigenvalue weighted by molar-refractivity contribution is 5.77. The van der Waals surface area contributed by atoms with Crippen LogP contribution in [0.2, 0.25) is 0 Å². The summed E-state index contributed by atoms with van der Waals surface area (Å²) in [5, 5.41) is 4.08. The summed E-state index contributed by atoms with van der Waals surface area (Å²) in [7, 11) is 1.87. The molecule has 0 atom stereocenters. The molecule has 14 heavy (non-hydrogen) atoms. The lowest BCUT2D eigenvalue weighted by Gasteiger charge is -2.06. The maximum atomic E-state index is 5.85. The molecule has 4 N–H and O–H groups in total. The number of hydrogen-bond acceptors (Lipinski definition) is 3. The van der Waals surface area contributed by atoms with E-state index in [1.54, 1.807) is 23.0 Å². The van der Waals surface area contributed by atoms with Gasteiger partial charge in [-0.3, -0.25) is 4.68 Å². The monoisotopic (exact) mass is 188 g/mol. The molecule has 0 amide bonds. The van der Waals surface area contributed by atoms with Gasteiger partial charge in [0.15, 0.2) is 0 Å². The van der Waals surface area contributed by atoms with E-state index in [4.69, 9.17) is 11.5 Å². The average molecular weight is 188 g/mol. The second-order valence-corrected chi connectivity index (χ2v) is 3.19. The fraction of sp³-hybridized carbons (Fsp3) is 0.100. The molecule has 4 nitrogen and oxygen atoms in total. The summed E-state index contributed by atoms with van der Waals surface area (Å²) in [6.07, 6.45) is 1.73. The van der Waals surface area contributed by atoms with Crippen LogP contribution in [0, 0.1) is 0 Å². The molecule has 0 radical (unpaired) electrons. The van der Waals surface area contributed by atoms with Gasteiger partial charge < -0.3 is 11.5 Å². The normalized spacial score (nSPS) is 10.4. The molecule has 4 heteroatoms. The Kier molecular flexibility index (Phi) is 1.89. The molecule has 1 heterocycles. The topological polar surface area (TPSA) is 69.9 Å². The molecular formula is C10H12N4. The van der Waals surface area contributed by atoms with Crippen molar-refractivity contribution in [1.82, 2.24) is 9.78 Å². The van der Waals surface area contributed by atoms with Gasteiger partial charge in [-0.2, -0.15) is 5.10 Å². The molecule has 0 fully saturated rings. The van der Waals surface area contributed by atoms with Crippen LogP contribution in [0.1, 0.15) is 0 Å². The van der Waals surface area contributed by atoms with Crippen LogP contribution in [0.5, 0.6) is 0 Å². The fourth-order valence-electron chi connectivity index (χ4n) is 1.43. The largest absolute Gasteiger partial charge is 0.399 e. The number of aryl methyl sites for hydroxylation is 1. The van der Waals surface area contributed by atoms with Crippen molar-refractivity contribution in [2.75, 3.05) is 11.5 Å². The van der Waals surface area contributed by atoms with E-state index in [2.05, 4.69) is 5.10 Å². The smallest absolute Gasteiger partial charge is 0.0700 e. The summed E-state index contributed by atoms with van der Waals surface area (Å²) in [4.78, 5) is 0. The first kappa shape index (κ1) is 8.62. The maximum absolute atomic E-state index is 5.85. The van der Waals surface area contributed by atoms with Crippen molar-refractivity contribution in [3.8, 4) is 11.3 Å². The van der Waals surface area contributed by atoms with Crippen LogP contribution in [-0.4, -0.2) is 9.78 Å². The van der Waals surface area contributed by atoms with Crippen molar-refractivity contribution in [3.63, 3.8) is 0 Å². The Morgan fingerprint density at radius 2 is 2.00 bits per heavy atom. The van der Waals surface area contributed by atoms with Gasteiger partial charge >= 0.3 is 0 Å². The van der Waals surface area contributed by atoms with Gasteiger partial charge in [-0.25, -0.2) is 0 Å². The quantitative estimate of drug-likeness (QED) is 0.662. The van der Waals surface area contributed by atoms with E-state index in [-0.39, 0.29) is 0 Å². The molecular weight excluding hydrogens is 176 g/mol. The zero-order valence-electron chi connectivity index (χ0n) is 7.94. The van der Waals surface area contributed by atoms with Crippen LogP contribution >= 0.6 is 0 Å². The van der Waals surface area contributed by atoms with Crippen molar-refractivity contribution < 1.29 is 0 Å². The summed E-state index contributed by atoms with van der Waals surface area (Å²) in [5.74, 6) is 0. The molecule has 2 aromatic rings. The van der Waals surface area contributed by atoms with E-state index in [0.717, 1.165) is 11.3 Å². The van der Waals surface area contributed by atoms with Crippen molar-refractivity contribution >= 4 is 11.4 Å². The number of nitrogen functional groups attached to an aromatic ring is 2. The van der Waals surface area contributed by atoms with Crippen LogP contribution in [0.25, 0.3) is 11.3 Å². The number of anilines is 2. The minimum atomic E-state index is 0.704. The average Bonchev–Trinajstić information content (AvgIpc) is 2.56. The Hall–Kier alpha value is -1.97. The molecule has 0 aliphatic rings. The van der Waals surface area contributed by atoms with Crippen LogP contribution in [0.4, 0.5) is 11.4 Å².